The molecule has 0 fully saturated rings. The molecule has 2 aromatic carbocycles. The van der Waals surface area contributed by atoms with E-state index in [9.17, 15) is 4.79 Å². The van der Waals surface area contributed by atoms with Crippen molar-refractivity contribution in [2.75, 3.05) is 17.7 Å². The Morgan fingerprint density at radius 1 is 1.15 bits per heavy atom. The molecule has 0 unspecified atom stereocenters. The number of benzene rings is 2. The normalized spacial score (nSPS) is 10.8. The Kier molecular flexibility index (Phi) is 5.45. The van der Waals surface area contributed by atoms with Crippen LogP contribution < -0.4 is 15.4 Å². The second-order valence-corrected chi connectivity index (χ2v) is 6.62. The van der Waals surface area contributed by atoms with Crippen molar-refractivity contribution in [1.29, 1.82) is 0 Å². The van der Waals surface area contributed by atoms with Crippen molar-refractivity contribution in [3.8, 4) is 17.0 Å². The first kappa shape index (κ1) is 18.5. The van der Waals surface area contributed by atoms with Crippen LogP contribution in [0.15, 0.2) is 54.6 Å². The van der Waals surface area contributed by atoms with Crippen LogP contribution in [0, 0.1) is 0 Å². The third-order valence-electron chi connectivity index (χ3n) is 4.26. The number of nitrogen functional groups attached to an aromatic ring is 1. The minimum absolute atomic E-state index is 0.0599. The van der Waals surface area contributed by atoms with Crippen LogP contribution in [-0.2, 0) is 11.2 Å². The van der Waals surface area contributed by atoms with Crippen molar-refractivity contribution in [3.63, 3.8) is 0 Å². The molecule has 140 valence electrons. The maximum absolute atomic E-state index is 12.7. The van der Waals surface area contributed by atoms with Gasteiger partial charge in [-0.25, -0.2) is 0 Å². The SMILES string of the molecule is CC(C)Oc1ccc(-c2[nH]nc(N)c2CC(=O)N(C)c2ccccc2)cc1. The zero-order chi connectivity index (χ0) is 19.4. The summed E-state index contributed by atoms with van der Waals surface area (Å²) in [7, 11) is 1.76. The maximum Gasteiger partial charge on any atom is 0.231 e. The molecule has 3 aromatic rings. The number of ether oxygens (including phenoxy) is 1. The van der Waals surface area contributed by atoms with E-state index in [2.05, 4.69) is 10.2 Å². The van der Waals surface area contributed by atoms with E-state index in [1.165, 1.54) is 0 Å². The number of aromatic nitrogens is 2. The minimum atomic E-state index is -0.0599. The highest BCUT2D eigenvalue weighted by molar-refractivity contribution is 5.95. The summed E-state index contributed by atoms with van der Waals surface area (Å²) in [4.78, 5) is 14.4. The van der Waals surface area contributed by atoms with E-state index in [4.69, 9.17) is 10.5 Å². The van der Waals surface area contributed by atoms with E-state index in [1.807, 2.05) is 68.4 Å². The molecule has 1 amide bonds. The quantitative estimate of drug-likeness (QED) is 0.699. The number of hydrogen-bond donors (Lipinski definition) is 2. The Morgan fingerprint density at radius 3 is 2.44 bits per heavy atom. The van der Waals surface area contributed by atoms with E-state index in [-0.39, 0.29) is 18.4 Å². The number of likely N-dealkylation sites (N-methyl/N-ethyl adjacent to an activating group) is 1. The number of nitrogens with one attached hydrogen (secondary N) is 1. The van der Waals surface area contributed by atoms with E-state index in [1.54, 1.807) is 11.9 Å². The zero-order valence-electron chi connectivity index (χ0n) is 15.8. The molecule has 3 rings (SSSR count). The van der Waals surface area contributed by atoms with E-state index in [0.717, 1.165) is 22.7 Å². The second-order valence-electron chi connectivity index (χ2n) is 6.62. The fraction of sp³-hybridized carbons (Fsp3) is 0.238. The van der Waals surface area contributed by atoms with Crippen molar-refractivity contribution in [2.24, 2.45) is 0 Å². The molecule has 1 heterocycles. The monoisotopic (exact) mass is 364 g/mol. The molecule has 0 spiro atoms. The third-order valence-corrected chi connectivity index (χ3v) is 4.26. The van der Waals surface area contributed by atoms with Gasteiger partial charge in [0.15, 0.2) is 0 Å². The van der Waals surface area contributed by atoms with Gasteiger partial charge in [0.1, 0.15) is 11.6 Å². The fourth-order valence-corrected chi connectivity index (χ4v) is 2.83. The first-order valence-electron chi connectivity index (χ1n) is 8.87. The summed E-state index contributed by atoms with van der Waals surface area (Å²) in [5.74, 6) is 1.07. The molecule has 0 aliphatic carbocycles. The van der Waals surface area contributed by atoms with E-state index >= 15 is 0 Å². The number of carbonyl (C=O) groups is 1. The average Bonchev–Trinajstić information content (AvgIpc) is 3.02. The number of nitrogens with zero attached hydrogens (tertiary/aromatic N) is 2. The molecule has 0 bridgehead atoms. The Morgan fingerprint density at radius 2 is 1.81 bits per heavy atom. The van der Waals surface area contributed by atoms with Gasteiger partial charge in [-0.15, -0.1) is 0 Å². The summed E-state index contributed by atoms with van der Waals surface area (Å²) in [5, 5.41) is 7.05. The van der Waals surface area contributed by atoms with Crippen molar-refractivity contribution in [2.45, 2.75) is 26.4 Å². The lowest BCUT2D eigenvalue weighted by atomic mass is 10.0. The molecule has 6 nitrogen and oxygen atoms in total. The lowest BCUT2D eigenvalue weighted by Gasteiger charge is -2.17. The zero-order valence-corrected chi connectivity index (χ0v) is 15.8. The van der Waals surface area contributed by atoms with Crippen LogP contribution in [0.1, 0.15) is 19.4 Å². The van der Waals surface area contributed by atoms with Crippen LogP contribution in [-0.4, -0.2) is 29.3 Å². The molecule has 0 aliphatic heterocycles. The van der Waals surface area contributed by atoms with Crippen molar-refractivity contribution in [1.82, 2.24) is 10.2 Å². The first-order chi connectivity index (χ1) is 13.0. The number of rotatable bonds is 6. The van der Waals surface area contributed by atoms with Gasteiger partial charge in [-0.2, -0.15) is 5.10 Å². The Balaban J connectivity index is 1.81. The molecule has 3 N–H and O–H groups in total. The smallest absolute Gasteiger partial charge is 0.231 e. The summed E-state index contributed by atoms with van der Waals surface area (Å²) >= 11 is 0. The predicted molar refractivity (Wildman–Crippen MR) is 108 cm³/mol. The molecule has 0 saturated carbocycles. The standard InChI is InChI=1S/C21H24N4O2/c1-14(2)27-17-11-9-15(10-12-17)20-18(21(22)24-23-20)13-19(26)25(3)16-7-5-4-6-8-16/h4-12,14H,13H2,1-3H3,(H3,22,23,24). The van der Waals surface area contributed by atoms with Crippen LogP contribution in [0.3, 0.4) is 0 Å². The third kappa shape index (κ3) is 4.28. The summed E-state index contributed by atoms with van der Waals surface area (Å²) < 4.78 is 5.67. The lowest BCUT2D eigenvalue weighted by molar-refractivity contribution is -0.117. The number of carbonyl (C=O) groups excluding carboxylic acids is 1. The summed E-state index contributed by atoms with van der Waals surface area (Å²) in [6.45, 7) is 3.97. The van der Waals surface area contributed by atoms with Gasteiger partial charge in [0.2, 0.25) is 5.91 Å². The van der Waals surface area contributed by atoms with Gasteiger partial charge in [-0.3, -0.25) is 9.89 Å². The maximum atomic E-state index is 12.7. The van der Waals surface area contributed by atoms with Gasteiger partial charge in [0.25, 0.3) is 0 Å². The highest BCUT2D eigenvalue weighted by Gasteiger charge is 2.19. The molecule has 0 aliphatic rings. The van der Waals surface area contributed by atoms with Crippen molar-refractivity contribution >= 4 is 17.4 Å². The summed E-state index contributed by atoms with van der Waals surface area (Å²) in [6, 6.07) is 17.2. The summed E-state index contributed by atoms with van der Waals surface area (Å²) in [5.41, 5.74) is 9.20. The Labute approximate surface area is 159 Å². The number of nitrogens with two attached hydrogens (primary N) is 1. The molecule has 0 radical (unpaired) electrons. The van der Waals surface area contributed by atoms with Crippen LogP contribution in [0.25, 0.3) is 11.3 Å². The number of anilines is 2. The minimum Gasteiger partial charge on any atom is -0.491 e. The van der Waals surface area contributed by atoms with Gasteiger partial charge >= 0.3 is 0 Å². The summed E-state index contributed by atoms with van der Waals surface area (Å²) in [6.07, 6.45) is 0.271. The molecule has 6 heteroatoms. The Bertz CT molecular complexity index is 902. The number of para-hydroxylation sites is 1. The van der Waals surface area contributed by atoms with Gasteiger partial charge in [0, 0.05) is 23.9 Å². The van der Waals surface area contributed by atoms with Gasteiger partial charge < -0.3 is 15.4 Å². The average molecular weight is 364 g/mol. The number of aromatic amines is 1. The van der Waals surface area contributed by atoms with Crippen molar-refractivity contribution in [3.05, 3.63) is 60.2 Å². The van der Waals surface area contributed by atoms with E-state index in [0.29, 0.717) is 11.4 Å². The molecular weight excluding hydrogens is 340 g/mol. The molecular formula is C21H24N4O2. The molecule has 27 heavy (non-hydrogen) atoms. The van der Waals surface area contributed by atoms with Gasteiger partial charge in [-0.1, -0.05) is 18.2 Å². The highest BCUT2D eigenvalue weighted by atomic mass is 16.5. The van der Waals surface area contributed by atoms with Crippen LogP contribution in [0.4, 0.5) is 11.5 Å². The topological polar surface area (TPSA) is 84.2 Å². The fourth-order valence-electron chi connectivity index (χ4n) is 2.83. The molecule has 1 aromatic heterocycles. The van der Waals surface area contributed by atoms with Gasteiger partial charge in [-0.05, 0) is 50.2 Å². The largest absolute Gasteiger partial charge is 0.491 e. The van der Waals surface area contributed by atoms with Crippen LogP contribution in [0.2, 0.25) is 0 Å². The van der Waals surface area contributed by atoms with Crippen molar-refractivity contribution < 1.29 is 9.53 Å². The number of amides is 1. The van der Waals surface area contributed by atoms with Gasteiger partial charge in [0.05, 0.1) is 18.2 Å². The predicted octanol–water partition coefficient (Wildman–Crippen LogP) is 3.65. The lowest BCUT2D eigenvalue weighted by Crippen LogP contribution is -2.28. The molecule has 0 saturated heterocycles. The highest BCUT2D eigenvalue weighted by Crippen LogP contribution is 2.28. The second kappa shape index (κ2) is 7.95. The van der Waals surface area contributed by atoms with Crippen LogP contribution >= 0.6 is 0 Å². The first-order valence-corrected chi connectivity index (χ1v) is 8.87. The van der Waals surface area contributed by atoms with E-state index < -0.39 is 0 Å². The molecule has 0 atom stereocenters. The van der Waals surface area contributed by atoms with Crippen LogP contribution in [0.5, 0.6) is 5.75 Å². The number of H-pyrrole nitrogens is 1. The number of hydrogen-bond acceptors (Lipinski definition) is 4. The Hall–Kier alpha value is -3.28.